The SMILES string of the molecule is COc1ccc(OC)c2c1CN(C(=O)Cc1cc(Cl)ccc1Cl)C[C@@H]2O. The van der Waals surface area contributed by atoms with E-state index in [1.807, 2.05) is 0 Å². The van der Waals surface area contributed by atoms with Crippen LogP contribution in [0.1, 0.15) is 22.8 Å². The fourth-order valence-corrected chi connectivity index (χ4v) is 3.60. The standard InChI is InChI=1S/C19H19Cl2NO4/c1-25-16-5-6-17(26-2)19-13(16)9-22(10-15(19)23)18(24)8-11-7-12(20)3-4-14(11)21/h3-7,15,23H,8-10H2,1-2H3/t15-/m0/s1. The molecule has 0 radical (unpaired) electrons. The third-order valence-corrected chi connectivity index (χ3v) is 5.10. The second-order valence-electron chi connectivity index (χ2n) is 6.06. The molecule has 2 aromatic rings. The number of methoxy groups -OCH3 is 2. The van der Waals surface area contributed by atoms with Gasteiger partial charge in [-0.2, -0.15) is 0 Å². The lowest BCUT2D eigenvalue weighted by atomic mass is 9.94. The van der Waals surface area contributed by atoms with Crippen LogP contribution >= 0.6 is 23.2 Å². The smallest absolute Gasteiger partial charge is 0.227 e. The van der Waals surface area contributed by atoms with Crippen LogP contribution in [0.3, 0.4) is 0 Å². The molecule has 0 aliphatic carbocycles. The molecule has 0 saturated heterocycles. The van der Waals surface area contributed by atoms with E-state index in [9.17, 15) is 9.90 Å². The van der Waals surface area contributed by atoms with Crippen LogP contribution < -0.4 is 9.47 Å². The second-order valence-corrected chi connectivity index (χ2v) is 6.91. The maximum Gasteiger partial charge on any atom is 0.227 e. The Hall–Kier alpha value is -1.95. The first-order chi connectivity index (χ1) is 12.4. The highest BCUT2D eigenvalue weighted by atomic mass is 35.5. The number of β-amino-alcohol motifs (C(OH)–C–C–N with tert-alkyl or cyclic N) is 1. The first-order valence-corrected chi connectivity index (χ1v) is 8.83. The molecule has 1 atom stereocenters. The Morgan fingerprint density at radius 1 is 1.19 bits per heavy atom. The average Bonchev–Trinajstić information content (AvgIpc) is 2.63. The zero-order chi connectivity index (χ0) is 18.8. The Morgan fingerprint density at radius 3 is 2.58 bits per heavy atom. The highest BCUT2D eigenvalue weighted by Gasteiger charge is 2.32. The number of carbonyl (C=O) groups is 1. The van der Waals surface area contributed by atoms with Crippen molar-refractivity contribution in [1.29, 1.82) is 0 Å². The summed E-state index contributed by atoms with van der Waals surface area (Å²) in [6.07, 6.45) is -0.754. The van der Waals surface area contributed by atoms with Crippen LogP contribution in [0.5, 0.6) is 11.5 Å². The van der Waals surface area contributed by atoms with E-state index in [1.54, 1.807) is 49.5 Å². The minimum Gasteiger partial charge on any atom is -0.496 e. The number of nitrogens with zero attached hydrogens (tertiary/aromatic N) is 1. The van der Waals surface area contributed by atoms with Crippen molar-refractivity contribution in [2.45, 2.75) is 19.1 Å². The van der Waals surface area contributed by atoms with Gasteiger partial charge in [-0.3, -0.25) is 4.79 Å². The van der Waals surface area contributed by atoms with E-state index in [-0.39, 0.29) is 18.9 Å². The van der Waals surface area contributed by atoms with Crippen molar-refractivity contribution in [3.8, 4) is 11.5 Å². The molecule has 26 heavy (non-hydrogen) atoms. The molecule has 0 bridgehead atoms. The van der Waals surface area contributed by atoms with Crippen molar-refractivity contribution in [3.63, 3.8) is 0 Å². The van der Waals surface area contributed by atoms with E-state index in [0.29, 0.717) is 39.2 Å². The van der Waals surface area contributed by atoms with Gasteiger partial charge in [0.15, 0.2) is 0 Å². The number of aliphatic hydroxyl groups is 1. The number of fused-ring (bicyclic) bond motifs is 1. The number of ether oxygens (including phenoxy) is 2. The maximum atomic E-state index is 12.8. The molecule has 3 rings (SSSR count). The van der Waals surface area contributed by atoms with Gasteiger partial charge >= 0.3 is 0 Å². The number of carbonyl (C=O) groups excluding carboxylic acids is 1. The molecule has 0 fully saturated rings. The number of halogens is 2. The first kappa shape index (κ1) is 18.8. The van der Waals surface area contributed by atoms with E-state index in [4.69, 9.17) is 32.7 Å². The van der Waals surface area contributed by atoms with Gasteiger partial charge in [-0.15, -0.1) is 0 Å². The third kappa shape index (κ3) is 3.61. The molecule has 1 N–H and O–H groups in total. The molecule has 1 heterocycles. The summed E-state index contributed by atoms with van der Waals surface area (Å²) in [5, 5.41) is 11.6. The summed E-state index contributed by atoms with van der Waals surface area (Å²) < 4.78 is 10.8. The minimum absolute atomic E-state index is 0.105. The molecule has 7 heteroatoms. The van der Waals surface area contributed by atoms with E-state index in [2.05, 4.69) is 0 Å². The number of hydrogen-bond acceptors (Lipinski definition) is 4. The zero-order valence-electron chi connectivity index (χ0n) is 14.5. The number of benzene rings is 2. The summed E-state index contributed by atoms with van der Waals surface area (Å²) in [6, 6.07) is 8.55. The molecular weight excluding hydrogens is 377 g/mol. The van der Waals surface area contributed by atoms with Crippen molar-refractivity contribution < 1.29 is 19.4 Å². The van der Waals surface area contributed by atoms with Gasteiger partial charge in [0.25, 0.3) is 0 Å². The second kappa shape index (κ2) is 7.74. The van der Waals surface area contributed by atoms with E-state index >= 15 is 0 Å². The molecule has 2 aromatic carbocycles. The molecule has 1 amide bonds. The van der Waals surface area contributed by atoms with E-state index in [0.717, 1.165) is 5.56 Å². The van der Waals surface area contributed by atoms with Crippen molar-refractivity contribution >= 4 is 29.1 Å². The molecule has 0 spiro atoms. The third-order valence-electron chi connectivity index (χ3n) is 4.49. The van der Waals surface area contributed by atoms with Crippen LogP contribution in [0, 0.1) is 0 Å². The van der Waals surface area contributed by atoms with Crippen molar-refractivity contribution in [3.05, 3.63) is 57.1 Å². The summed E-state index contributed by atoms with van der Waals surface area (Å²) in [4.78, 5) is 14.4. The van der Waals surface area contributed by atoms with Crippen LogP contribution in [0.4, 0.5) is 0 Å². The molecule has 138 valence electrons. The lowest BCUT2D eigenvalue weighted by Gasteiger charge is -2.34. The van der Waals surface area contributed by atoms with Crippen LogP contribution in [0.25, 0.3) is 0 Å². The summed E-state index contributed by atoms with van der Waals surface area (Å²) in [7, 11) is 3.11. The van der Waals surface area contributed by atoms with E-state index < -0.39 is 6.10 Å². The lowest BCUT2D eigenvalue weighted by Crippen LogP contribution is -2.39. The number of rotatable bonds is 4. The Bertz CT molecular complexity index is 841. The van der Waals surface area contributed by atoms with Gasteiger partial charge in [-0.25, -0.2) is 0 Å². The molecule has 5 nitrogen and oxygen atoms in total. The summed E-state index contributed by atoms with van der Waals surface area (Å²) in [5.41, 5.74) is 2.06. The van der Waals surface area contributed by atoms with Gasteiger partial charge in [0.05, 0.1) is 27.2 Å². The molecule has 0 unspecified atom stereocenters. The maximum absolute atomic E-state index is 12.8. The van der Waals surface area contributed by atoms with Crippen molar-refractivity contribution in [1.82, 2.24) is 4.90 Å². The first-order valence-electron chi connectivity index (χ1n) is 8.08. The number of hydrogen-bond donors (Lipinski definition) is 1. The van der Waals surface area contributed by atoms with Crippen LogP contribution in [-0.2, 0) is 17.8 Å². The molecular formula is C19H19Cl2NO4. The number of aliphatic hydroxyl groups excluding tert-OH is 1. The summed E-state index contributed by atoms with van der Waals surface area (Å²) in [6.45, 7) is 0.497. The Labute approximate surface area is 162 Å². The summed E-state index contributed by atoms with van der Waals surface area (Å²) in [5.74, 6) is 1.04. The van der Waals surface area contributed by atoms with Gasteiger partial charge in [0.2, 0.25) is 5.91 Å². The van der Waals surface area contributed by atoms with Crippen LogP contribution in [0.2, 0.25) is 10.0 Å². The average molecular weight is 396 g/mol. The van der Waals surface area contributed by atoms with Crippen LogP contribution in [0.15, 0.2) is 30.3 Å². The van der Waals surface area contributed by atoms with Gasteiger partial charge < -0.3 is 19.5 Å². The largest absolute Gasteiger partial charge is 0.496 e. The highest BCUT2D eigenvalue weighted by molar-refractivity contribution is 6.33. The van der Waals surface area contributed by atoms with Crippen LogP contribution in [-0.4, -0.2) is 36.7 Å². The van der Waals surface area contributed by atoms with Gasteiger partial charge in [-0.1, -0.05) is 23.2 Å². The minimum atomic E-state index is -0.859. The monoisotopic (exact) mass is 395 g/mol. The predicted molar refractivity (Wildman–Crippen MR) is 100 cm³/mol. The Morgan fingerprint density at radius 2 is 1.88 bits per heavy atom. The fourth-order valence-electron chi connectivity index (χ4n) is 3.22. The quantitative estimate of drug-likeness (QED) is 0.858. The molecule has 0 saturated carbocycles. The fraction of sp³-hybridized carbons (Fsp3) is 0.316. The van der Waals surface area contributed by atoms with Gasteiger partial charge in [-0.05, 0) is 35.9 Å². The molecule has 1 aliphatic rings. The summed E-state index contributed by atoms with van der Waals surface area (Å²) >= 11 is 12.2. The Kier molecular flexibility index (Phi) is 5.61. The van der Waals surface area contributed by atoms with Gasteiger partial charge in [0, 0.05) is 27.7 Å². The predicted octanol–water partition coefficient (Wildman–Crippen LogP) is 3.63. The van der Waals surface area contributed by atoms with Crippen molar-refractivity contribution in [2.24, 2.45) is 0 Å². The number of amides is 1. The van der Waals surface area contributed by atoms with Gasteiger partial charge in [0.1, 0.15) is 17.6 Å². The van der Waals surface area contributed by atoms with E-state index in [1.165, 1.54) is 0 Å². The topological polar surface area (TPSA) is 59.0 Å². The highest BCUT2D eigenvalue weighted by Crippen LogP contribution is 2.39. The van der Waals surface area contributed by atoms with Crippen molar-refractivity contribution in [2.75, 3.05) is 20.8 Å². The normalized spacial score (nSPS) is 16.2. The zero-order valence-corrected chi connectivity index (χ0v) is 16.0. The molecule has 1 aliphatic heterocycles. The Balaban J connectivity index is 1.88. The molecule has 0 aromatic heterocycles. The lowest BCUT2D eigenvalue weighted by molar-refractivity contribution is -0.133.